The highest BCUT2D eigenvalue weighted by Crippen LogP contribution is 2.29. The lowest BCUT2D eigenvalue weighted by atomic mass is 10.1. The van der Waals surface area contributed by atoms with Gasteiger partial charge in [0.2, 0.25) is 0 Å². The lowest BCUT2D eigenvalue weighted by Gasteiger charge is -2.02. The van der Waals surface area contributed by atoms with Crippen LogP contribution in [0.15, 0.2) is 40.2 Å². The fourth-order valence-electron chi connectivity index (χ4n) is 1.82. The summed E-state index contributed by atoms with van der Waals surface area (Å²) in [6.45, 7) is 1.55. The lowest BCUT2D eigenvalue weighted by Crippen LogP contribution is -2.11. The highest BCUT2D eigenvalue weighted by molar-refractivity contribution is 6.32. The Labute approximate surface area is 119 Å². The molecule has 0 unspecified atom stereocenters. The Morgan fingerprint density at radius 2 is 2.20 bits per heavy atom. The van der Waals surface area contributed by atoms with Gasteiger partial charge in [0, 0.05) is 5.56 Å². The Balaban J connectivity index is 2.53. The fraction of sp³-hybridized carbons (Fsp3) is 0.143. The summed E-state index contributed by atoms with van der Waals surface area (Å²) >= 11 is 5.90. The first-order chi connectivity index (χ1) is 9.45. The molecule has 0 aromatic heterocycles. The van der Waals surface area contributed by atoms with Crippen LogP contribution in [0.1, 0.15) is 12.5 Å². The molecule has 2 rings (SSSR count). The van der Waals surface area contributed by atoms with E-state index in [9.17, 15) is 14.3 Å². The predicted octanol–water partition coefficient (Wildman–Crippen LogP) is 3.28. The van der Waals surface area contributed by atoms with E-state index in [1.807, 2.05) is 0 Å². The van der Waals surface area contributed by atoms with Crippen LogP contribution in [-0.4, -0.2) is 23.9 Å². The number of nitrogens with zero attached hydrogens (tertiary/aromatic N) is 1. The Morgan fingerprint density at radius 1 is 1.50 bits per heavy atom. The van der Waals surface area contributed by atoms with E-state index >= 15 is 0 Å². The van der Waals surface area contributed by atoms with E-state index < -0.39 is 11.8 Å². The van der Waals surface area contributed by atoms with Crippen molar-refractivity contribution in [2.24, 2.45) is 4.99 Å². The van der Waals surface area contributed by atoms with Gasteiger partial charge in [-0.15, -0.1) is 0 Å². The van der Waals surface area contributed by atoms with Crippen LogP contribution < -0.4 is 0 Å². The molecule has 6 heteroatoms. The van der Waals surface area contributed by atoms with Gasteiger partial charge >= 0.3 is 5.97 Å². The topological polar surface area (TPSA) is 58.9 Å². The third-order valence-electron chi connectivity index (χ3n) is 2.80. The second kappa shape index (κ2) is 5.46. The van der Waals surface area contributed by atoms with Gasteiger partial charge in [0.15, 0.2) is 5.76 Å². The van der Waals surface area contributed by atoms with Gasteiger partial charge in [-0.3, -0.25) is 0 Å². The highest BCUT2D eigenvalue weighted by atomic mass is 35.5. The molecule has 0 saturated carbocycles. The molecule has 0 radical (unpaired) electrons. The van der Waals surface area contributed by atoms with E-state index in [4.69, 9.17) is 11.6 Å². The monoisotopic (exact) mass is 295 g/mol. The molecule has 20 heavy (non-hydrogen) atoms. The standard InChI is InChI=1S/C14H11ClFNO3/c1-7-12(14(19)20-2)13(18)11(17-7)6-8-9(15)4-3-5-10(8)16/h3-6,18H,1-2H3/b11-6+. The highest BCUT2D eigenvalue weighted by Gasteiger charge is 2.27. The minimum Gasteiger partial charge on any atom is -0.505 e. The second-order valence-electron chi connectivity index (χ2n) is 4.08. The zero-order valence-corrected chi connectivity index (χ0v) is 11.5. The molecule has 1 heterocycles. The summed E-state index contributed by atoms with van der Waals surface area (Å²) in [5.41, 5.74) is 0.424. The van der Waals surface area contributed by atoms with Crippen molar-refractivity contribution in [3.8, 4) is 0 Å². The number of ether oxygens (including phenoxy) is 1. The first-order valence-corrected chi connectivity index (χ1v) is 6.06. The fourth-order valence-corrected chi connectivity index (χ4v) is 2.04. The van der Waals surface area contributed by atoms with Gasteiger partial charge in [-0.25, -0.2) is 14.2 Å². The van der Waals surface area contributed by atoms with E-state index in [0.717, 1.165) is 0 Å². The number of hydrogen-bond acceptors (Lipinski definition) is 4. The van der Waals surface area contributed by atoms with Crippen molar-refractivity contribution in [2.45, 2.75) is 6.92 Å². The SMILES string of the molecule is COC(=O)C1=C(O)/C(=C\c2c(F)cccc2Cl)N=C1C. The predicted molar refractivity (Wildman–Crippen MR) is 74.2 cm³/mol. The first kappa shape index (κ1) is 14.3. The summed E-state index contributed by atoms with van der Waals surface area (Å²) in [4.78, 5) is 15.5. The number of esters is 1. The van der Waals surface area contributed by atoms with Gasteiger partial charge in [-0.05, 0) is 25.1 Å². The summed E-state index contributed by atoms with van der Waals surface area (Å²) in [5.74, 6) is -1.60. The van der Waals surface area contributed by atoms with E-state index in [1.165, 1.54) is 31.4 Å². The Hall–Kier alpha value is -2.14. The molecule has 0 atom stereocenters. The largest absolute Gasteiger partial charge is 0.505 e. The molecule has 4 nitrogen and oxygen atoms in total. The number of hydrogen-bond donors (Lipinski definition) is 1. The number of aliphatic hydroxyl groups excluding tert-OH is 1. The zero-order chi connectivity index (χ0) is 14.9. The Bertz CT molecular complexity index is 657. The van der Waals surface area contributed by atoms with Gasteiger partial charge in [0.05, 0.1) is 17.8 Å². The van der Waals surface area contributed by atoms with Crippen molar-refractivity contribution in [2.75, 3.05) is 7.11 Å². The number of halogens is 2. The average molecular weight is 296 g/mol. The van der Waals surface area contributed by atoms with Crippen molar-refractivity contribution >= 4 is 29.4 Å². The van der Waals surface area contributed by atoms with Crippen LogP contribution in [0.4, 0.5) is 4.39 Å². The quantitative estimate of drug-likeness (QED) is 0.852. The summed E-state index contributed by atoms with van der Waals surface area (Å²) in [7, 11) is 1.20. The van der Waals surface area contributed by atoms with Crippen LogP contribution in [-0.2, 0) is 9.53 Å². The normalized spacial score (nSPS) is 16.6. The molecule has 0 fully saturated rings. The maximum absolute atomic E-state index is 13.7. The molecule has 1 aromatic carbocycles. The van der Waals surface area contributed by atoms with Crippen LogP contribution in [0.25, 0.3) is 6.08 Å². The Morgan fingerprint density at radius 3 is 2.80 bits per heavy atom. The number of rotatable bonds is 2. The minimum absolute atomic E-state index is 0.0359. The number of aliphatic imine (C=N–C) groups is 1. The van der Waals surface area contributed by atoms with Gasteiger partial charge in [0.25, 0.3) is 0 Å². The van der Waals surface area contributed by atoms with E-state index in [-0.39, 0.29) is 27.6 Å². The van der Waals surface area contributed by atoms with Gasteiger partial charge in [-0.1, -0.05) is 17.7 Å². The Kier molecular flexibility index (Phi) is 3.90. The number of carbonyl (C=O) groups excluding carboxylic acids is 1. The van der Waals surface area contributed by atoms with Crippen LogP contribution in [0.2, 0.25) is 5.02 Å². The molecule has 0 aliphatic carbocycles. The maximum atomic E-state index is 13.7. The summed E-state index contributed by atoms with van der Waals surface area (Å²) in [6.07, 6.45) is 1.28. The summed E-state index contributed by atoms with van der Waals surface area (Å²) in [5, 5.41) is 10.2. The number of carbonyl (C=O) groups is 1. The molecular weight excluding hydrogens is 285 g/mol. The third kappa shape index (κ3) is 2.44. The zero-order valence-electron chi connectivity index (χ0n) is 10.8. The lowest BCUT2D eigenvalue weighted by molar-refractivity contribution is -0.135. The van der Waals surface area contributed by atoms with E-state index in [2.05, 4.69) is 9.73 Å². The second-order valence-corrected chi connectivity index (χ2v) is 4.48. The number of methoxy groups -OCH3 is 1. The molecule has 0 spiro atoms. The van der Waals surface area contributed by atoms with Crippen LogP contribution in [0, 0.1) is 5.82 Å². The number of aliphatic hydroxyl groups is 1. The van der Waals surface area contributed by atoms with Crippen molar-refractivity contribution in [3.63, 3.8) is 0 Å². The molecule has 0 saturated heterocycles. The first-order valence-electron chi connectivity index (χ1n) is 5.69. The van der Waals surface area contributed by atoms with Crippen molar-refractivity contribution < 1.29 is 19.0 Å². The van der Waals surface area contributed by atoms with Crippen LogP contribution in [0.3, 0.4) is 0 Å². The number of benzene rings is 1. The summed E-state index contributed by atoms with van der Waals surface area (Å²) < 4.78 is 18.2. The van der Waals surface area contributed by atoms with Crippen LogP contribution in [0.5, 0.6) is 0 Å². The average Bonchev–Trinajstić information content (AvgIpc) is 2.68. The van der Waals surface area contributed by atoms with Gasteiger partial charge < -0.3 is 9.84 Å². The van der Waals surface area contributed by atoms with Crippen molar-refractivity contribution in [1.29, 1.82) is 0 Å². The van der Waals surface area contributed by atoms with Gasteiger partial charge in [0.1, 0.15) is 17.1 Å². The summed E-state index contributed by atoms with van der Waals surface area (Å²) in [6, 6.07) is 4.23. The third-order valence-corrected chi connectivity index (χ3v) is 3.13. The molecule has 104 valence electrons. The smallest absolute Gasteiger partial charge is 0.343 e. The van der Waals surface area contributed by atoms with Crippen molar-refractivity contribution in [3.05, 3.63) is 51.6 Å². The molecule has 1 N–H and O–H groups in total. The molecule has 0 amide bonds. The van der Waals surface area contributed by atoms with E-state index in [1.54, 1.807) is 6.92 Å². The minimum atomic E-state index is -0.702. The maximum Gasteiger partial charge on any atom is 0.343 e. The molecule has 1 aromatic rings. The van der Waals surface area contributed by atoms with Gasteiger partial charge in [-0.2, -0.15) is 0 Å². The molecule has 1 aliphatic rings. The molecule has 1 aliphatic heterocycles. The molecular formula is C14H11ClFNO3. The van der Waals surface area contributed by atoms with Crippen LogP contribution >= 0.6 is 11.6 Å². The van der Waals surface area contributed by atoms with Crippen molar-refractivity contribution in [1.82, 2.24) is 0 Å². The van der Waals surface area contributed by atoms with E-state index in [0.29, 0.717) is 5.71 Å². The molecule has 0 bridgehead atoms.